The van der Waals surface area contributed by atoms with Crippen molar-refractivity contribution in [1.29, 1.82) is 0 Å². The summed E-state index contributed by atoms with van der Waals surface area (Å²) in [4.78, 5) is 30.3. The van der Waals surface area contributed by atoms with Crippen molar-refractivity contribution < 1.29 is 9.59 Å². The molecule has 100 valence electrons. The van der Waals surface area contributed by atoms with Gasteiger partial charge in [0, 0.05) is 42.9 Å². The summed E-state index contributed by atoms with van der Waals surface area (Å²) in [5.74, 6) is 0.470. The first-order chi connectivity index (χ1) is 9.27. The van der Waals surface area contributed by atoms with Gasteiger partial charge in [-0.2, -0.15) is 0 Å². The van der Waals surface area contributed by atoms with Crippen molar-refractivity contribution in [2.24, 2.45) is 5.92 Å². The van der Waals surface area contributed by atoms with E-state index in [1.807, 2.05) is 4.90 Å². The average Bonchev–Trinajstić information content (AvgIpc) is 3.07. The van der Waals surface area contributed by atoms with E-state index >= 15 is 0 Å². The minimum Gasteiger partial charge on any atom is -0.335 e. The molecule has 1 saturated carbocycles. The molecule has 19 heavy (non-hydrogen) atoms. The molecule has 1 saturated heterocycles. The second-order valence-corrected chi connectivity index (χ2v) is 5.41. The van der Waals surface area contributed by atoms with Crippen LogP contribution in [0, 0.1) is 5.92 Å². The van der Waals surface area contributed by atoms with Crippen LogP contribution >= 0.6 is 0 Å². The largest absolute Gasteiger partial charge is 0.335 e. The molecule has 1 aliphatic carbocycles. The van der Waals surface area contributed by atoms with Gasteiger partial charge < -0.3 is 4.90 Å². The summed E-state index contributed by atoms with van der Waals surface area (Å²) in [5.41, 5.74) is 0.673. The normalized spacial score (nSPS) is 26.9. The number of hydrogen-bond acceptors (Lipinski definition) is 3. The third kappa shape index (κ3) is 2.27. The van der Waals surface area contributed by atoms with Crippen molar-refractivity contribution in [2.45, 2.75) is 38.1 Å². The molecule has 2 aliphatic rings. The molecule has 3 rings (SSSR count). The Bertz CT molecular complexity index is 486. The van der Waals surface area contributed by atoms with Crippen LogP contribution in [0.5, 0.6) is 0 Å². The molecule has 4 heteroatoms. The van der Waals surface area contributed by atoms with Crippen molar-refractivity contribution in [3.05, 3.63) is 30.1 Å². The molecule has 4 nitrogen and oxygen atoms in total. The van der Waals surface area contributed by atoms with Crippen LogP contribution in [-0.2, 0) is 4.79 Å². The van der Waals surface area contributed by atoms with Crippen LogP contribution in [0.4, 0.5) is 0 Å². The molecule has 1 aliphatic heterocycles. The van der Waals surface area contributed by atoms with Crippen molar-refractivity contribution in [3.63, 3.8) is 0 Å². The van der Waals surface area contributed by atoms with Crippen molar-refractivity contribution >= 4 is 11.7 Å². The Morgan fingerprint density at radius 1 is 1.21 bits per heavy atom. The summed E-state index contributed by atoms with van der Waals surface area (Å²) in [6, 6.07) is 3.61. The van der Waals surface area contributed by atoms with Gasteiger partial charge in [-0.1, -0.05) is 0 Å². The number of Topliss-reactive ketones (excluding diaryl/α,β-unsaturated/α-hetero) is 1. The van der Waals surface area contributed by atoms with E-state index in [2.05, 4.69) is 4.98 Å². The highest BCUT2D eigenvalue weighted by Crippen LogP contribution is 2.33. The zero-order valence-electron chi connectivity index (χ0n) is 10.9. The summed E-state index contributed by atoms with van der Waals surface area (Å²) < 4.78 is 0. The summed E-state index contributed by atoms with van der Waals surface area (Å²) in [7, 11) is 0. The molecule has 0 N–H and O–H groups in total. The van der Waals surface area contributed by atoms with E-state index in [-0.39, 0.29) is 17.9 Å². The smallest absolute Gasteiger partial charge is 0.254 e. The van der Waals surface area contributed by atoms with E-state index in [1.54, 1.807) is 24.5 Å². The lowest BCUT2D eigenvalue weighted by Crippen LogP contribution is -2.41. The Morgan fingerprint density at radius 2 is 2.00 bits per heavy atom. The molecule has 0 aromatic carbocycles. The van der Waals surface area contributed by atoms with Gasteiger partial charge in [-0.3, -0.25) is 14.6 Å². The number of amides is 1. The highest BCUT2D eigenvalue weighted by atomic mass is 16.2. The topological polar surface area (TPSA) is 50.3 Å². The van der Waals surface area contributed by atoms with Crippen LogP contribution in [0.3, 0.4) is 0 Å². The van der Waals surface area contributed by atoms with E-state index in [0.717, 1.165) is 32.2 Å². The zero-order valence-corrected chi connectivity index (χ0v) is 10.9. The Labute approximate surface area is 112 Å². The van der Waals surface area contributed by atoms with E-state index < -0.39 is 0 Å². The number of nitrogens with zero attached hydrogens (tertiary/aromatic N) is 2. The standard InChI is InChI=1S/C15H18N2O2/c18-14-5-1-3-12(14)13-4-2-10-17(13)15(19)11-6-8-16-9-7-11/h6-9,12-13H,1-5,10H2. The van der Waals surface area contributed by atoms with Gasteiger partial charge in [-0.15, -0.1) is 0 Å². The van der Waals surface area contributed by atoms with Crippen LogP contribution in [0.1, 0.15) is 42.5 Å². The van der Waals surface area contributed by atoms with E-state index in [0.29, 0.717) is 17.8 Å². The molecule has 1 amide bonds. The summed E-state index contributed by atoms with van der Waals surface area (Å²) in [5, 5.41) is 0. The van der Waals surface area contributed by atoms with Crippen molar-refractivity contribution in [1.82, 2.24) is 9.88 Å². The predicted molar refractivity (Wildman–Crippen MR) is 70.6 cm³/mol. The molecule has 2 heterocycles. The number of likely N-dealkylation sites (tertiary alicyclic amines) is 1. The van der Waals surface area contributed by atoms with Crippen LogP contribution in [0.15, 0.2) is 24.5 Å². The van der Waals surface area contributed by atoms with Crippen LogP contribution in [0.2, 0.25) is 0 Å². The minimum atomic E-state index is 0.0459. The maximum Gasteiger partial charge on any atom is 0.254 e. The monoisotopic (exact) mass is 258 g/mol. The number of ketones is 1. The summed E-state index contributed by atoms with van der Waals surface area (Å²) in [6.45, 7) is 0.773. The van der Waals surface area contributed by atoms with Crippen LogP contribution in [0.25, 0.3) is 0 Å². The first-order valence-electron chi connectivity index (χ1n) is 7.01. The lowest BCUT2D eigenvalue weighted by atomic mass is 9.95. The van der Waals surface area contributed by atoms with E-state index in [1.165, 1.54) is 0 Å². The molecule has 0 spiro atoms. The van der Waals surface area contributed by atoms with Gasteiger partial charge in [0.2, 0.25) is 0 Å². The molecule has 1 aromatic heterocycles. The van der Waals surface area contributed by atoms with Crippen molar-refractivity contribution in [2.75, 3.05) is 6.54 Å². The maximum atomic E-state index is 12.5. The maximum absolute atomic E-state index is 12.5. The molecular weight excluding hydrogens is 240 g/mol. The molecule has 0 bridgehead atoms. The lowest BCUT2D eigenvalue weighted by Gasteiger charge is -2.28. The predicted octanol–water partition coefficient (Wildman–Crippen LogP) is 2.06. The number of aromatic nitrogens is 1. The van der Waals surface area contributed by atoms with Gasteiger partial charge >= 0.3 is 0 Å². The van der Waals surface area contributed by atoms with Gasteiger partial charge in [0.1, 0.15) is 5.78 Å². The number of carbonyl (C=O) groups is 2. The summed E-state index contributed by atoms with van der Waals surface area (Å²) >= 11 is 0. The highest BCUT2D eigenvalue weighted by molar-refractivity contribution is 5.95. The first-order valence-corrected chi connectivity index (χ1v) is 7.01. The second kappa shape index (κ2) is 5.11. The Hall–Kier alpha value is -1.71. The number of carbonyl (C=O) groups excluding carboxylic acids is 2. The van der Waals surface area contributed by atoms with Gasteiger partial charge in [0.25, 0.3) is 5.91 Å². The minimum absolute atomic E-state index is 0.0459. The van der Waals surface area contributed by atoms with Gasteiger partial charge in [-0.25, -0.2) is 0 Å². The fourth-order valence-electron chi connectivity index (χ4n) is 3.37. The van der Waals surface area contributed by atoms with Crippen LogP contribution < -0.4 is 0 Å². The van der Waals surface area contributed by atoms with Gasteiger partial charge in [0.15, 0.2) is 0 Å². The molecule has 1 aromatic rings. The Balaban J connectivity index is 1.80. The van der Waals surface area contributed by atoms with Gasteiger partial charge in [-0.05, 0) is 37.8 Å². The number of rotatable bonds is 2. The Kier molecular flexibility index (Phi) is 3.32. The molecule has 2 unspecified atom stereocenters. The number of pyridine rings is 1. The van der Waals surface area contributed by atoms with Crippen LogP contribution in [-0.4, -0.2) is 34.2 Å². The zero-order chi connectivity index (χ0) is 13.2. The fraction of sp³-hybridized carbons (Fsp3) is 0.533. The number of hydrogen-bond donors (Lipinski definition) is 0. The summed E-state index contributed by atoms with van der Waals surface area (Å²) in [6.07, 6.45) is 7.87. The third-order valence-electron chi connectivity index (χ3n) is 4.30. The molecule has 2 atom stereocenters. The third-order valence-corrected chi connectivity index (χ3v) is 4.30. The lowest BCUT2D eigenvalue weighted by molar-refractivity contribution is -0.121. The SMILES string of the molecule is O=C1CCCC1C1CCCN1C(=O)c1ccncc1. The van der Waals surface area contributed by atoms with Crippen molar-refractivity contribution in [3.8, 4) is 0 Å². The molecular formula is C15H18N2O2. The first kappa shape index (κ1) is 12.3. The molecule has 2 fully saturated rings. The van der Waals surface area contributed by atoms with E-state index in [9.17, 15) is 9.59 Å². The average molecular weight is 258 g/mol. The van der Waals surface area contributed by atoms with E-state index in [4.69, 9.17) is 0 Å². The van der Waals surface area contributed by atoms with Gasteiger partial charge in [0.05, 0.1) is 0 Å². The molecule has 0 radical (unpaired) electrons. The fourth-order valence-corrected chi connectivity index (χ4v) is 3.37. The quantitative estimate of drug-likeness (QED) is 0.815. The Morgan fingerprint density at radius 3 is 2.68 bits per heavy atom. The highest BCUT2D eigenvalue weighted by Gasteiger charge is 2.40. The second-order valence-electron chi connectivity index (χ2n) is 5.41.